The Morgan fingerprint density at radius 3 is 2.26 bits per heavy atom. The van der Waals surface area contributed by atoms with Gasteiger partial charge in [0, 0.05) is 53.1 Å². The number of nitrogens with zero attached hydrogens (tertiary/aromatic N) is 2. The van der Waals surface area contributed by atoms with Crippen molar-refractivity contribution in [2.45, 2.75) is 96.3 Å². The minimum atomic E-state index is -0.504. The van der Waals surface area contributed by atoms with E-state index in [9.17, 15) is 14.4 Å². The zero-order valence-electron chi connectivity index (χ0n) is 22.6. The van der Waals surface area contributed by atoms with Crippen LogP contribution in [0, 0.1) is 12.8 Å². The van der Waals surface area contributed by atoms with Crippen molar-refractivity contribution in [3.05, 3.63) is 52.7 Å². The fourth-order valence-electron chi connectivity index (χ4n) is 6.19. The highest BCUT2D eigenvalue weighted by Crippen LogP contribution is 2.39. The Morgan fingerprint density at radius 1 is 1.03 bits per heavy atom. The van der Waals surface area contributed by atoms with Crippen molar-refractivity contribution >= 4 is 29.1 Å². The van der Waals surface area contributed by atoms with Gasteiger partial charge < -0.3 is 21.3 Å². The summed E-state index contributed by atoms with van der Waals surface area (Å²) in [6.45, 7) is 6.02. The van der Waals surface area contributed by atoms with Gasteiger partial charge >= 0.3 is 0 Å². The van der Waals surface area contributed by atoms with Gasteiger partial charge in [0.05, 0.1) is 5.56 Å². The van der Waals surface area contributed by atoms with E-state index in [1.54, 1.807) is 18.3 Å². The number of pyridine rings is 1. The number of Topliss-reactive ketones (excluding diaryl/α,β-unsaturated/α-hetero) is 1. The Morgan fingerprint density at radius 2 is 1.71 bits per heavy atom. The number of nitrogens with one attached hydrogen (secondary N) is 2. The molecule has 2 amide bonds. The summed E-state index contributed by atoms with van der Waals surface area (Å²) in [6, 6.07) is 8.28. The third-order valence-corrected chi connectivity index (χ3v) is 8.53. The van der Waals surface area contributed by atoms with E-state index in [0.717, 1.165) is 62.7 Å². The number of amides is 2. The van der Waals surface area contributed by atoms with Gasteiger partial charge in [-0.3, -0.25) is 14.4 Å². The Balaban J connectivity index is 1.27. The molecule has 2 saturated heterocycles. The van der Waals surface area contributed by atoms with Crippen molar-refractivity contribution in [3.8, 4) is 0 Å². The van der Waals surface area contributed by atoms with Gasteiger partial charge in [-0.05, 0) is 88.1 Å². The molecule has 0 unspecified atom stereocenters. The number of aromatic nitrogens is 1. The average Bonchev–Trinajstić information content (AvgIpc) is 3.72. The fourth-order valence-corrected chi connectivity index (χ4v) is 6.19. The van der Waals surface area contributed by atoms with E-state index in [1.165, 1.54) is 0 Å². The van der Waals surface area contributed by atoms with Gasteiger partial charge in [0.2, 0.25) is 0 Å². The quantitative estimate of drug-likeness (QED) is 0.396. The number of aryl methyl sites for hydroxylation is 1. The summed E-state index contributed by atoms with van der Waals surface area (Å²) in [7, 11) is 0. The average molecular weight is 518 g/mol. The third kappa shape index (κ3) is 5.26. The summed E-state index contributed by atoms with van der Waals surface area (Å²) < 4.78 is 0. The summed E-state index contributed by atoms with van der Waals surface area (Å²) in [6.07, 6.45) is 9.36. The molecule has 2 bridgehead atoms. The molecule has 1 aliphatic carbocycles. The molecule has 1 saturated carbocycles. The maximum atomic E-state index is 13.4. The molecule has 2 aliphatic heterocycles. The van der Waals surface area contributed by atoms with Gasteiger partial charge in [-0.2, -0.15) is 0 Å². The highest BCUT2D eigenvalue weighted by Gasteiger charge is 2.42. The monoisotopic (exact) mass is 517 g/mol. The van der Waals surface area contributed by atoms with E-state index in [2.05, 4.69) is 34.4 Å². The molecule has 38 heavy (non-hydrogen) atoms. The van der Waals surface area contributed by atoms with Crippen LogP contribution in [0.2, 0.25) is 0 Å². The fraction of sp³-hybridized carbons (Fsp3) is 0.533. The van der Waals surface area contributed by atoms with E-state index in [-0.39, 0.29) is 29.7 Å². The second kappa shape index (κ2) is 10.8. The minimum Gasteiger partial charge on any atom is -0.382 e. The zero-order chi connectivity index (χ0) is 27.0. The molecule has 0 radical (unpaired) electrons. The largest absolute Gasteiger partial charge is 0.382 e. The van der Waals surface area contributed by atoms with Gasteiger partial charge in [-0.25, -0.2) is 4.98 Å². The number of hydrogen-bond donors (Lipinski definition) is 3. The molecule has 3 fully saturated rings. The number of nitrogens with two attached hydrogens (primary N) is 1. The molecule has 8 nitrogen and oxygen atoms in total. The van der Waals surface area contributed by atoms with Crippen LogP contribution in [0.15, 0.2) is 30.5 Å². The maximum Gasteiger partial charge on any atom is 0.251 e. The molecule has 3 heterocycles. The topological polar surface area (TPSA) is 117 Å². The Labute approximate surface area is 224 Å². The lowest BCUT2D eigenvalue weighted by atomic mass is 9.95. The van der Waals surface area contributed by atoms with E-state index in [0.29, 0.717) is 34.5 Å². The number of primary amides is 1. The molecular formula is C30H39N5O3. The predicted octanol–water partition coefficient (Wildman–Crippen LogP) is 4.61. The summed E-state index contributed by atoms with van der Waals surface area (Å²) >= 11 is 0. The minimum absolute atomic E-state index is 0.0672. The first-order chi connectivity index (χ1) is 18.3. The van der Waals surface area contributed by atoms with Gasteiger partial charge in [0.15, 0.2) is 5.78 Å². The van der Waals surface area contributed by atoms with Crippen LogP contribution in [0.3, 0.4) is 0 Å². The lowest BCUT2D eigenvalue weighted by Crippen LogP contribution is -2.50. The van der Waals surface area contributed by atoms with Crippen LogP contribution < -0.4 is 21.3 Å². The van der Waals surface area contributed by atoms with Gasteiger partial charge in [-0.1, -0.05) is 13.8 Å². The number of ketones is 1. The first-order valence-corrected chi connectivity index (χ1v) is 14.1. The molecular weight excluding hydrogens is 478 g/mol. The summed E-state index contributed by atoms with van der Waals surface area (Å²) in [5.41, 5.74) is 8.69. The highest BCUT2D eigenvalue weighted by molar-refractivity contribution is 6.03. The van der Waals surface area contributed by atoms with Crippen LogP contribution in [0.1, 0.15) is 102 Å². The van der Waals surface area contributed by atoms with Crippen molar-refractivity contribution in [1.29, 1.82) is 0 Å². The van der Waals surface area contributed by atoms with Crippen LogP contribution in [0.4, 0.5) is 11.5 Å². The van der Waals surface area contributed by atoms with Crippen LogP contribution in [-0.4, -0.2) is 46.7 Å². The van der Waals surface area contributed by atoms with Crippen molar-refractivity contribution in [3.63, 3.8) is 0 Å². The normalized spacial score (nSPS) is 22.4. The molecule has 5 rings (SSSR count). The van der Waals surface area contributed by atoms with Gasteiger partial charge in [0.25, 0.3) is 11.8 Å². The summed E-state index contributed by atoms with van der Waals surface area (Å²) in [5.74, 6) is 0.705. The van der Waals surface area contributed by atoms with E-state index < -0.39 is 5.91 Å². The SMILES string of the molecule is CCC(CC)Nc1cc(C(=O)N[C@H]2C[C@H]3CC[C@@H](C2)N3c2ccc(C(=O)C3CC3)cn2)c(C)cc1C(N)=O. The highest BCUT2D eigenvalue weighted by atomic mass is 16.2. The predicted molar refractivity (Wildman–Crippen MR) is 149 cm³/mol. The van der Waals surface area contributed by atoms with Gasteiger partial charge in [0.1, 0.15) is 5.82 Å². The van der Waals surface area contributed by atoms with E-state index >= 15 is 0 Å². The third-order valence-electron chi connectivity index (χ3n) is 8.53. The number of hydrogen-bond acceptors (Lipinski definition) is 6. The Hall–Kier alpha value is -3.42. The Kier molecular flexibility index (Phi) is 7.41. The van der Waals surface area contributed by atoms with Crippen molar-refractivity contribution in [2.75, 3.05) is 10.2 Å². The smallest absolute Gasteiger partial charge is 0.251 e. The van der Waals surface area contributed by atoms with Crippen LogP contribution in [0.25, 0.3) is 0 Å². The number of anilines is 2. The van der Waals surface area contributed by atoms with Crippen LogP contribution in [-0.2, 0) is 0 Å². The first-order valence-electron chi connectivity index (χ1n) is 14.1. The van der Waals surface area contributed by atoms with Crippen LogP contribution in [0.5, 0.6) is 0 Å². The molecule has 1 aromatic carbocycles. The standard InChI is InChI=1S/C30H39N5O3/c1-4-20(5-2)33-26-15-24(17(3)12-25(26)29(31)37)30(38)34-21-13-22-9-10-23(14-21)35(22)27-11-8-19(16-32-27)28(36)18-6-7-18/h8,11-12,15-16,18,20-23,33H,4-7,9-10,13-14H2,1-3H3,(H2,31,37)(H,34,38)/t21-,22+,23-. The van der Waals surface area contributed by atoms with Gasteiger partial charge in [-0.15, -0.1) is 0 Å². The summed E-state index contributed by atoms with van der Waals surface area (Å²) in [5, 5.41) is 6.68. The molecule has 0 spiro atoms. The number of piperidine rings is 1. The molecule has 202 valence electrons. The number of carbonyl (C=O) groups is 3. The lowest BCUT2D eigenvalue weighted by molar-refractivity contribution is 0.0923. The second-order valence-electron chi connectivity index (χ2n) is 11.2. The molecule has 3 atom stereocenters. The second-order valence-corrected chi connectivity index (χ2v) is 11.2. The first kappa shape index (κ1) is 26.2. The van der Waals surface area contributed by atoms with Crippen molar-refractivity contribution < 1.29 is 14.4 Å². The molecule has 8 heteroatoms. The van der Waals surface area contributed by atoms with Crippen LogP contribution >= 0.6 is 0 Å². The van der Waals surface area contributed by atoms with E-state index in [1.807, 2.05) is 19.1 Å². The van der Waals surface area contributed by atoms with Crippen molar-refractivity contribution in [1.82, 2.24) is 10.3 Å². The number of benzene rings is 1. The van der Waals surface area contributed by atoms with E-state index in [4.69, 9.17) is 5.73 Å². The molecule has 3 aliphatic rings. The molecule has 1 aromatic heterocycles. The Bertz CT molecular complexity index is 1210. The maximum absolute atomic E-state index is 13.4. The van der Waals surface area contributed by atoms with Crippen molar-refractivity contribution in [2.24, 2.45) is 11.7 Å². The zero-order valence-corrected chi connectivity index (χ0v) is 22.6. The summed E-state index contributed by atoms with van der Waals surface area (Å²) in [4.78, 5) is 44.9. The number of carbonyl (C=O) groups excluding carboxylic acids is 3. The lowest BCUT2D eigenvalue weighted by Gasteiger charge is -2.40. The number of rotatable bonds is 10. The number of fused-ring (bicyclic) bond motifs is 2. The molecule has 4 N–H and O–H groups in total. The molecule has 2 aromatic rings.